The maximum atomic E-state index is 5.88. The van der Waals surface area contributed by atoms with Crippen molar-refractivity contribution in [1.29, 1.82) is 0 Å². The van der Waals surface area contributed by atoms with Crippen LogP contribution in [-0.2, 0) is 4.43 Å². The van der Waals surface area contributed by atoms with Gasteiger partial charge in [0, 0.05) is 0 Å². The van der Waals surface area contributed by atoms with E-state index in [-0.39, 0.29) is 0 Å². The summed E-state index contributed by atoms with van der Waals surface area (Å²) in [5.41, 5.74) is 1.37. The fourth-order valence-electron chi connectivity index (χ4n) is 0.946. The first-order chi connectivity index (χ1) is 5.24. The maximum absolute atomic E-state index is 5.88. The van der Waals surface area contributed by atoms with E-state index in [0.717, 1.165) is 5.76 Å². The van der Waals surface area contributed by atoms with Crippen molar-refractivity contribution in [2.45, 2.75) is 47.3 Å². The molecule has 0 unspecified atom stereocenters. The molecule has 0 aliphatic carbocycles. The number of hydrogen-bond donors (Lipinski definition) is 0. The fourth-order valence-corrected chi connectivity index (χ4v) is 2.03. The van der Waals surface area contributed by atoms with E-state index >= 15 is 0 Å². The van der Waals surface area contributed by atoms with Crippen LogP contribution in [0.15, 0.2) is 11.3 Å². The lowest BCUT2D eigenvalue weighted by Gasteiger charge is -2.22. The molecule has 2 heteroatoms. The first kappa shape index (κ1) is 11.8. The van der Waals surface area contributed by atoms with Crippen LogP contribution in [0.2, 0.25) is 19.6 Å². The average Bonchev–Trinajstić information content (AvgIpc) is 1.82. The van der Waals surface area contributed by atoms with Gasteiger partial charge in [-0.15, -0.1) is 0 Å². The molecule has 0 aromatic carbocycles. The zero-order valence-electron chi connectivity index (χ0n) is 9.49. The minimum atomic E-state index is -1.39. The lowest BCUT2D eigenvalue weighted by atomic mass is 10.1. The van der Waals surface area contributed by atoms with Gasteiger partial charge in [-0.25, -0.2) is 0 Å². The smallest absolute Gasteiger partial charge is 0.241 e. The number of rotatable bonds is 3. The van der Waals surface area contributed by atoms with Crippen LogP contribution in [0.5, 0.6) is 0 Å². The number of hydrogen-bond acceptors (Lipinski definition) is 1. The highest BCUT2D eigenvalue weighted by atomic mass is 28.4. The summed E-state index contributed by atoms with van der Waals surface area (Å²) in [6.07, 6.45) is 0. The molecule has 1 nitrogen and oxygen atoms in total. The minimum Gasteiger partial charge on any atom is -0.548 e. The van der Waals surface area contributed by atoms with Gasteiger partial charge < -0.3 is 4.43 Å². The highest BCUT2D eigenvalue weighted by molar-refractivity contribution is 6.70. The van der Waals surface area contributed by atoms with Crippen LogP contribution < -0.4 is 0 Å². The van der Waals surface area contributed by atoms with Gasteiger partial charge in [0.25, 0.3) is 0 Å². The largest absolute Gasteiger partial charge is 0.548 e. The van der Waals surface area contributed by atoms with Gasteiger partial charge in [-0.2, -0.15) is 0 Å². The van der Waals surface area contributed by atoms with Gasteiger partial charge in [0.15, 0.2) is 0 Å². The molecular formula is C10H22OSi. The average molecular weight is 186 g/mol. The Bertz CT molecular complexity index is 175. The van der Waals surface area contributed by atoms with Crippen molar-refractivity contribution in [2.24, 2.45) is 5.92 Å². The van der Waals surface area contributed by atoms with Gasteiger partial charge in [-0.1, -0.05) is 13.8 Å². The van der Waals surface area contributed by atoms with E-state index in [2.05, 4.69) is 47.3 Å². The van der Waals surface area contributed by atoms with Crippen LogP contribution in [-0.4, -0.2) is 8.32 Å². The van der Waals surface area contributed by atoms with Crippen LogP contribution in [0.4, 0.5) is 0 Å². The first-order valence-electron chi connectivity index (χ1n) is 4.60. The monoisotopic (exact) mass is 186 g/mol. The van der Waals surface area contributed by atoms with Gasteiger partial charge in [-0.05, 0) is 45.0 Å². The van der Waals surface area contributed by atoms with Crippen molar-refractivity contribution < 1.29 is 4.43 Å². The van der Waals surface area contributed by atoms with Crippen LogP contribution in [0.3, 0.4) is 0 Å². The Labute approximate surface area is 78.0 Å². The summed E-state index contributed by atoms with van der Waals surface area (Å²) in [6.45, 7) is 15.3. The van der Waals surface area contributed by atoms with E-state index < -0.39 is 8.32 Å². The summed E-state index contributed by atoms with van der Waals surface area (Å²) in [5, 5.41) is 0. The maximum Gasteiger partial charge on any atom is 0.241 e. The Morgan fingerprint density at radius 3 is 1.75 bits per heavy atom. The third-order valence-electron chi connectivity index (χ3n) is 1.88. The summed E-state index contributed by atoms with van der Waals surface area (Å²) < 4.78 is 5.88. The number of allylic oxidation sites excluding steroid dienone is 2. The molecule has 0 bridgehead atoms. The second kappa shape index (κ2) is 4.12. The molecule has 0 aromatic rings. The van der Waals surface area contributed by atoms with Crippen LogP contribution in [0, 0.1) is 5.92 Å². The molecular weight excluding hydrogens is 164 g/mol. The molecule has 0 N–H and O–H groups in total. The molecule has 0 atom stereocenters. The molecule has 0 aromatic heterocycles. The van der Waals surface area contributed by atoms with Crippen molar-refractivity contribution in [1.82, 2.24) is 0 Å². The summed E-state index contributed by atoms with van der Waals surface area (Å²) in [4.78, 5) is 0. The predicted molar refractivity (Wildman–Crippen MR) is 57.6 cm³/mol. The zero-order valence-corrected chi connectivity index (χ0v) is 10.5. The van der Waals surface area contributed by atoms with Gasteiger partial charge in [0.2, 0.25) is 8.32 Å². The molecule has 0 aliphatic heterocycles. The van der Waals surface area contributed by atoms with E-state index in [4.69, 9.17) is 4.43 Å². The lowest BCUT2D eigenvalue weighted by Crippen LogP contribution is -2.24. The lowest BCUT2D eigenvalue weighted by molar-refractivity contribution is 0.409. The second-order valence-electron chi connectivity index (χ2n) is 4.61. The molecule has 0 aliphatic rings. The fraction of sp³-hybridized carbons (Fsp3) is 0.800. The van der Waals surface area contributed by atoms with E-state index in [9.17, 15) is 0 Å². The minimum absolute atomic E-state index is 0.598. The molecule has 0 heterocycles. The van der Waals surface area contributed by atoms with Crippen LogP contribution in [0.25, 0.3) is 0 Å². The summed E-state index contributed by atoms with van der Waals surface area (Å²) in [5.74, 6) is 1.73. The van der Waals surface area contributed by atoms with E-state index in [1.54, 1.807) is 0 Å². The van der Waals surface area contributed by atoms with Gasteiger partial charge in [0.05, 0.1) is 5.76 Å². The molecule has 72 valence electrons. The third-order valence-corrected chi connectivity index (χ3v) is 2.80. The first-order valence-corrected chi connectivity index (χ1v) is 8.01. The highest BCUT2D eigenvalue weighted by Gasteiger charge is 2.17. The predicted octanol–water partition coefficient (Wildman–Crippen LogP) is 3.79. The van der Waals surface area contributed by atoms with E-state index in [0.29, 0.717) is 5.92 Å². The zero-order chi connectivity index (χ0) is 9.94. The Balaban J connectivity index is 4.38. The molecule has 0 fully saturated rings. The summed E-state index contributed by atoms with van der Waals surface area (Å²) in [6, 6.07) is 0. The quantitative estimate of drug-likeness (QED) is 0.481. The molecule has 0 saturated heterocycles. The molecule has 0 radical (unpaired) electrons. The normalized spacial score (nSPS) is 14.7. The SMILES string of the molecule is C/C(O[Si](C)(C)C)=C(\C)C(C)C. The van der Waals surface area contributed by atoms with Crippen molar-refractivity contribution >= 4 is 8.32 Å². The van der Waals surface area contributed by atoms with E-state index in [1.807, 2.05) is 0 Å². The van der Waals surface area contributed by atoms with Crippen molar-refractivity contribution in [3.8, 4) is 0 Å². The van der Waals surface area contributed by atoms with Gasteiger partial charge in [0.1, 0.15) is 0 Å². The molecule has 0 rings (SSSR count). The third kappa shape index (κ3) is 4.60. The molecule has 0 spiro atoms. The van der Waals surface area contributed by atoms with Gasteiger partial charge >= 0.3 is 0 Å². The van der Waals surface area contributed by atoms with Gasteiger partial charge in [-0.3, -0.25) is 0 Å². The molecule has 12 heavy (non-hydrogen) atoms. The second-order valence-corrected chi connectivity index (χ2v) is 9.04. The van der Waals surface area contributed by atoms with Crippen molar-refractivity contribution in [2.75, 3.05) is 0 Å². The summed E-state index contributed by atoms with van der Waals surface area (Å²) >= 11 is 0. The van der Waals surface area contributed by atoms with Crippen molar-refractivity contribution in [3.05, 3.63) is 11.3 Å². The van der Waals surface area contributed by atoms with Crippen molar-refractivity contribution in [3.63, 3.8) is 0 Å². The Kier molecular flexibility index (Phi) is 4.04. The van der Waals surface area contributed by atoms with Crippen LogP contribution >= 0.6 is 0 Å². The highest BCUT2D eigenvalue weighted by Crippen LogP contribution is 2.18. The summed E-state index contributed by atoms with van der Waals surface area (Å²) in [7, 11) is -1.39. The Hall–Kier alpha value is -0.243. The standard InChI is InChI=1S/C10H22OSi/c1-8(2)9(3)10(4)11-12(5,6)7/h8H,1-7H3/b10-9-. The molecule has 0 saturated carbocycles. The topological polar surface area (TPSA) is 9.23 Å². The Morgan fingerprint density at radius 2 is 1.50 bits per heavy atom. The Morgan fingerprint density at radius 1 is 1.08 bits per heavy atom. The molecule has 0 amide bonds. The van der Waals surface area contributed by atoms with Crippen LogP contribution in [0.1, 0.15) is 27.7 Å². The van der Waals surface area contributed by atoms with E-state index in [1.165, 1.54) is 5.57 Å².